The van der Waals surface area contributed by atoms with Crippen LogP contribution in [0, 0.1) is 5.92 Å². The second kappa shape index (κ2) is 3.53. The number of hydrogen-bond donors (Lipinski definition) is 2. The second-order valence-electron chi connectivity index (χ2n) is 2.89. The first-order chi connectivity index (χ1) is 5.18. The average Bonchev–Trinajstić information content (AvgIpc) is 1.93. The maximum absolute atomic E-state index is 10.3. The lowest BCUT2D eigenvalue weighted by molar-refractivity contribution is -0.137. The molecule has 0 radical (unpaired) electrons. The molecular weight excluding hydrogens is 144 g/mol. The van der Waals surface area contributed by atoms with E-state index in [9.17, 15) is 4.79 Å². The van der Waals surface area contributed by atoms with Gasteiger partial charge in [0.2, 0.25) is 0 Å². The Balaban J connectivity index is 2.38. The molecule has 0 amide bonds. The monoisotopic (exact) mass is 156 g/mol. The predicted octanol–water partition coefficient (Wildman–Crippen LogP) is 0.788. The van der Waals surface area contributed by atoms with Crippen molar-refractivity contribution in [2.24, 2.45) is 5.92 Å². The van der Waals surface area contributed by atoms with Crippen molar-refractivity contribution in [3.8, 4) is 0 Å². The van der Waals surface area contributed by atoms with E-state index in [0.717, 1.165) is 6.42 Å². The molecule has 2 atom stereocenters. The molecule has 1 aliphatic carbocycles. The van der Waals surface area contributed by atoms with Crippen molar-refractivity contribution in [2.75, 3.05) is 0 Å². The number of carboxylic acid groups (broad SMARTS) is 1. The number of rotatable bonds is 2. The number of carbonyl (C=O) groups is 1. The van der Waals surface area contributed by atoms with Crippen molar-refractivity contribution in [3.63, 3.8) is 0 Å². The molecule has 0 saturated heterocycles. The molecule has 0 bridgehead atoms. The smallest absolute Gasteiger partial charge is 0.303 e. The molecule has 0 aromatic rings. The van der Waals surface area contributed by atoms with Gasteiger partial charge in [0.15, 0.2) is 0 Å². The zero-order valence-corrected chi connectivity index (χ0v) is 6.23. The van der Waals surface area contributed by atoms with Crippen LogP contribution in [0.2, 0.25) is 0 Å². The summed E-state index contributed by atoms with van der Waals surface area (Å²) in [6, 6.07) is 0. The third-order valence-electron chi connectivity index (χ3n) is 1.88. The molecule has 11 heavy (non-hydrogen) atoms. The molecule has 62 valence electrons. The Morgan fingerprint density at radius 1 is 1.45 bits per heavy atom. The molecule has 0 aromatic heterocycles. The SMILES string of the molecule is O=C(O)C[C@@H]1C=C[C@H](O)CC1. The minimum atomic E-state index is -0.768. The van der Waals surface area contributed by atoms with Gasteiger partial charge in [-0.05, 0) is 18.8 Å². The van der Waals surface area contributed by atoms with E-state index in [4.69, 9.17) is 10.2 Å². The molecule has 2 N–H and O–H groups in total. The highest BCUT2D eigenvalue weighted by molar-refractivity contribution is 5.67. The zero-order chi connectivity index (χ0) is 8.27. The van der Waals surface area contributed by atoms with E-state index < -0.39 is 5.97 Å². The van der Waals surface area contributed by atoms with E-state index in [0.29, 0.717) is 6.42 Å². The van der Waals surface area contributed by atoms with Crippen LogP contribution in [-0.4, -0.2) is 22.3 Å². The van der Waals surface area contributed by atoms with E-state index in [2.05, 4.69) is 0 Å². The van der Waals surface area contributed by atoms with Crippen molar-refractivity contribution in [2.45, 2.75) is 25.4 Å². The van der Waals surface area contributed by atoms with Crippen LogP contribution in [0.1, 0.15) is 19.3 Å². The highest BCUT2D eigenvalue weighted by atomic mass is 16.4. The van der Waals surface area contributed by atoms with Gasteiger partial charge >= 0.3 is 5.97 Å². The third-order valence-corrected chi connectivity index (χ3v) is 1.88. The Morgan fingerprint density at radius 3 is 2.64 bits per heavy atom. The van der Waals surface area contributed by atoms with Crippen molar-refractivity contribution in [1.82, 2.24) is 0 Å². The molecule has 0 fully saturated rings. The highest BCUT2D eigenvalue weighted by Gasteiger charge is 2.15. The van der Waals surface area contributed by atoms with Crippen molar-refractivity contribution < 1.29 is 15.0 Å². The van der Waals surface area contributed by atoms with Gasteiger partial charge in [0, 0.05) is 0 Å². The zero-order valence-electron chi connectivity index (χ0n) is 6.23. The number of aliphatic hydroxyl groups excluding tert-OH is 1. The third kappa shape index (κ3) is 2.72. The van der Waals surface area contributed by atoms with Crippen LogP contribution in [0.4, 0.5) is 0 Å². The fraction of sp³-hybridized carbons (Fsp3) is 0.625. The van der Waals surface area contributed by atoms with Crippen LogP contribution >= 0.6 is 0 Å². The van der Waals surface area contributed by atoms with Crippen LogP contribution in [-0.2, 0) is 4.79 Å². The standard InChI is InChI=1S/C8H12O3/c9-7-3-1-6(2-4-7)5-8(10)11/h1,3,6-7,9H,2,4-5H2,(H,10,11)/t6-,7+/m1/s1. The lowest BCUT2D eigenvalue weighted by atomic mass is 9.92. The van der Waals surface area contributed by atoms with Crippen LogP contribution in [0.5, 0.6) is 0 Å². The number of hydrogen-bond acceptors (Lipinski definition) is 2. The summed E-state index contributed by atoms with van der Waals surface area (Å²) in [6.07, 6.45) is 4.76. The van der Waals surface area contributed by atoms with Crippen LogP contribution in [0.25, 0.3) is 0 Å². The topological polar surface area (TPSA) is 57.5 Å². The molecule has 0 unspecified atom stereocenters. The number of allylic oxidation sites excluding steroid dienone is 1. The van der Waals surface area contributed by atoms with Crippen LogP contribution < -0.4 is 0 Å². The predicted molar refractivity (Wildman–Crippen MR) is 40.1 cm³/mol. The second-order valence-corrected chi connectivity index (χ2v) is 2.89. The molecule has 0 heterocycles. The van der Waals surface area contributed by atoms with Crippen LogP contribution in [0.15, 0.2) is 12.2 Å². The Hall–Kier alpha value is -0.830. The lowest BCUT2D eigenvalue weighted by Gasteiger charge is -2.17. The molecule has 0 saturated carbocycles. The molecular formula is C8H12O3. The molecule has 0 aliphatic heterocycles. The maximum Gasteiger partial charge on any atom is 0.303 e. The number of carboxylic acids is 1. The van der Waals surface area contributed by atoms with E-state index >= 15 is 0 Å². The summed E-state index contributed by atoms with van der Waals surface area (Å²) in [4.78, 5) is 10.3. The fourth-order valence-electron chi connectivity index (χ4n) is 1.26. The Kier molecular flexibility index (Phi) is 2.65. The molecule has 3 nitrogen and oxygen atoms in total. The van der Waals surface area contributed by atoms with Crippen LogP contribution in [0.3, 0.4) is 0 Å². The quantitative estimate of drug-likeness (QED) is 0.581. The maximum atomic E-state index is 10.3. The van der Waals surface area contributed by atoms with Gasteiger partial charge in [-0.15, -0.1) is 0 Å². The van der Waals surface area contributed by atoms with Crippen molar-refractivity contribution >= 4 is 5.97 Å². The summed E-state index contributed by atoms with van der Waals surface area (Å²) >= 11 is 0. The molecule has 0 aromatic carbocycles. The Bertz CT molecular complexity index is 174. The van der Waals surface area contributed by atoms with Gasteiger partial charge in [0.1, 0.15) is 0 Å². The Morgan fingerprint density at radius 2 is 2.18 bits per heavy atom. The van der Waals surface area contributed by atoms with E-state index in [-0.39, 0.29) is 18.4 Å². The van der Waals surface area contributed by atoms with Gasteiger partial charge in [-0.3, -0.25) is 4.79 Å². The van der Waals surface area contributed by atoms with Gasteiger partial charge in [-0.2, -0.15) is 0 Å². The largest absolute Gasteiger partial charge is 0.481 e. The number of aliphatic hydroxyl groups is 1. The van der Waals surface area contributed by atoms with Crippen molar-refractivity contribution in [1.29, 1.82) is 0 Å². The van der Waals surface area contributed by atoms with E-state index in [1.165, 1.54) is 0 Å². The summed E-state index contributed by atoms with van der Waals surface area (Å²) in [7, 11) is 0. The van der Waals surface area contributed by atoms with Gasteiger partial charge < -0.3 is 10.2 Å². The first-order valence-electron chi connectivity index (χ1n) is 3.76. The molecule has 3 heteroatoms. The van der Waals surface area contributed by atoms with E-state index in [1.54, 1.807) is 12.2 Å². The fourth-order valence-corrected chi connectivity index (χ4v) is 1.26. The molecule has 0 spiro atoms. The average molecular weight is 156 g/mol. The van der Waals surface area contributed by atoms with E-state index in [1.807, 2.05) is 0 Å². The van der Waals surface area contributed by atoms with Gasteiger partial charge in [-0.25, -0.2) is 0 Å². The summed E-state index contributed by atoms with van der Waals surface area (Å²) in [5.41, 5.74) is 0. The normalized spacial score (nSPS) is 30.3. The molecule has 1 aliphatic rings. The first kappa shape index (κ1) is 8.27. The lowest BCUT2D eigenvalue weighted by Crippen LogP contribution is -2.14. The minimum Gasteiger partial charge on any atom is -0.481 e. The minimum absolute atomic E-state index is 0.121. The van der Waals surface area contributed by atoms with Crippen molar-refractivity contribution in [3.05, 3.63) is 12.2 Å². The molecule has 1 rings (SSSR count). The van der Waals surface area contributed by atoms with Gasteiger partial charge in [0.05, 0.1) is 12.5 Å². The number of aliphatic carboxylic acids is 1. The van der Waals surface area contributed by atoms with Gasteiger partial charge in [0.25, 0.3) is 0 Å². The first-order valence-corrected chi connectivity index (χ1v) is 3.76. The Labute approximate surface area is 65.3 Å². The summed E-state index contributed by atoms with van der Waals surface area (Å²) in [6.45, 7) is 0. The summed E-state index contributed by atoms with van der Waals surface area (Å²) < 4.78 is 0. The summed E-state index contributed by atoms with van der Waals surface area (Å²) in [5.74, 6) is -0.646. The highest BCUT2D eigenvalue weighted by Crippen LogP contribution is 2.20. The van der Waals surface area contributed by atoms with Gasteiger partial charge in [-0.1, -0.05) is 12.2 Å². The summed E-state index contributed by atoms with van der Waals surface area (Å²) in [5, 5.41) is 17.5.